The van der Waals surface area contributed by atoms with Crippen molar-refractivity contribution in [1.82, 2.24) is 4.98 Å². The average Bonchev–Trinajstić information content (AvgIpc) is 2.28. The van der Waals surface area contributed by atoms with Crippen molar-refractivity contribution < 1.29 is 0 Å². The number of halogens is 1. The highest BCUT2D eigenvalue weighted by atomic mass is 79.9. The molecule has 0 bridgehead atoms. The molecule has 12 heavy (non-hydrogen) atoms. The van der Waals surface area contributed by atoms with E-state index in [0.717, 1.165) is 6.42 Å². The molecule has 1 atom stereocenters. The van der Waals surface area contributed by atoms with Crippen molar-refractivity contribution >= 4 is 27.3 Å². The van der Waals surface area contributed by atoms with E-state index >= 15 is 0 Å². The van der Waals surface area contributed by atoms with Crippen molar-refractivity contribution in [3.05, 3.63) is 15.6 Å². The summed E-state index contributed by atoms with van der Waals surface area (Å²) in [4.78, 5) is 6.43. The summed E-state index contributed by atoms with van der Waals surface area (Å²) >= 11 is 5.36. The molecule has 1 nitrogen and oxygen atoms in total. The maximum atomic E-state index is 4.48. The van der Waals surface area contributed by atoms with Crippen molar-refractivity contribution in [1.29, 1.82) is 0 Å². The fourth-order valence-corrected chi connectivity index (χ4v) is 2.15. The standard InChI is InChI=1S/C9H14BrNS/c1-6(10)4-5-9-11-7(2)8(3)12-9/h6H,4-5H2,1-3H3. The second kappa shape index (κ2) is 4.38. The summed E-state index contributed by atoms with van der Waals surface area (Å²) in [6, 6.07) is 0. The molecule has 68 valence electrons. The van der Waals surface area contributed by atoms with E-state index in [1.807, 2.05) is 11.3 Å². The van der Waals surface area contributed by atoms with E-state index in [2.05, 4.69) is 41.7 Å². The van der Waals surface area contributed by atoms with Gasteiger partial charge in [0.25, 0.3) is 0 Å². The molecule has 0 aliphatic rings. The zero-order valence-corrected chi connectivity index (χ0v) is 10.1. The van der Waals surface area contributed by atoms with Gasteiger partial charge in [-0.15, -0.1) is 11.3 Å². The largest absolute Gasteiger partial charge is 0.246 e. The van der Waals surface area contributed by atoms with E-state index in [4.69, 9.17) is 0 Å². The first-order valence-electron chi connectivity index (χ1n) is 4.16. The summed E-state index contributed by atoms with van der Waals surface area (Å²) in [6.45, 7) is 6.38. The zero-order valence-electron chi connectivity index (χ0n) is 7.72. The number of alkyl halides is 1. The third-order valence-corrected chi connectivity index (χ3v) is 3.42. The number of rotatable bonds is 3. The Morgan fingerprint density at radius 3 is 2.58 bits per heavy atom. The van der Waals surface area contributed by atoms with Gasteiger partial charge in [0.1, 0.15) is 0 Å². The Bertz CT molecular complexity index is 236. The number of aryl methyl sites for hydroxylation is 3. The van der Waals surface area contributed by atoms with Gasteiger partial charge in [0.05, 0.1) is 10.7 Å². The van der Waals surface area contributed by atoms with E-state index in [1.54, 1.807) is 0 Å². The van der Waals surface area contributed by atoms with Crippen LogP contribution in [0.25, 0.3) is 0 Å². The highest BCUT2D eigenvalue weighted by Crippen LogP contribution is 2.19. The van der Waals surface area contributed by atoms with Gasteiger partial charge in [-0.05, 0) is 20.3 Å². The van der Waals surface area contributed by atoms with Crippen LogP contribution in [0.5, 0.6) is 0 Å². The monoisotopic (exact) mass is 247 g/mol. The van der Waals surface area contributed by atoms with E-state index in [9.17, 15) is 0 Å². The smallest absolute Gasteiger partial charge is 0.0931 e. The Balaban J connectivity index is 2.53. The first-order valence-corrected chi connectivity index (χ1v) is 5.90. The molecule has 0 saturated heterocycles. The van der Waals surface area contributed by atoms with Crippen LogP contribution in [0, 0.1) is 13.8 Å². The summed E-state index contributed by atoms with van der Waals surface area (Å²) in [5.74, 6) is 0. The molecule has 0 aliphatic carbocycles. The quantitative estimate of drug-likeness (QED) is 0.746. The molecule has 0 fully saturated rings. The maximum Gasteiger partial charge on any atom is 0.0931 e. The minimum Gasteiger partial charge on any atom is -0.246 e. The molecule has 0 radical (unpaired) electrons. The molecule has 0 spiro atoms. The second-order valence-corrected chi connectivity index (χ2v) is 5.92. The van der Waals surface area contributed by atoms with Gasteiger partial charge in [0.15, 0.2) is 0 Å². The van der Waals surface area contributed by atoms with Gasteiger partial charge < -0.3 is 0 Å². The Labute approximate surface area is 86.3 Å². The molecule has 0 saturated carbocycles. The van der Waals surface area contributed by atoms with Crippen LogP contribution >= 0.6 is 27.3 Å². The molecule has 0 aliphatic heterocycles. The first-order chi connectivity index (χ1) is 5.59. The van der Waals surface area contributed by atoms with E-state index in [-0.39, 0.29) is 0 Å². The first kappa shape index (κ1) is 10.2. The lowest BCUT2D eigenvalue weighted by Gasteiger charge is -1.98. The third kappa shape index (κ3) is 2.87. The normalized spacial score (nSPS) is 13.3. The Kier molecular flexibility index (Phi) is 3.72. The lowest BCUT2D eigenvalue weighted by molar-refractivity contribution is 0.813. The summed E-state index contributed by atoms with van der Waals surface area (Å²) in [6.07, 6.45) is 2.28. The Morgan fingerprint density at radius 2 is 2.17 bits per heavy atom. The summed E-state index contributed by atoms with van der Waals surface area (Å²) in [5, 5.41) is 1.27. The van der Waals surface area contributed by atoms with Gasteiger partial charge in [-0.2, -0.15) is 0 Å². The van der Waals surface area contributed by atoms with E-state index in [0.29, 0.717) is 4.83 Å². The molecule has 1 aromatic heterocycles. The van der Waals surface area contributed by atoms with Crippen LogP contribution < -0.4 is 0 Å². The van der Waals surface area contributed by atoms with Crippen LogP contribution in [-0.2, 0) is 6.42 Å². The molecule has 0 amide bonds. The van der Waals surface area contributed by atoms with Gasteiger partial charge >= 0.3 is 0 Å². The van der Waals surface area contributed by atoms with Crippen LogP contribution in [0.2, 0.25) is 0 Å². The molecule has 0 N–H and O–H groups in total. The number of nitrogens with zero attached hydrogens (tertiary/aromatic N) is 1. The molecule has 0 aromatic carbocycles. The molecular weight excluding hydrogens is 234 g/mol. The van der Waals surface area contributed by atoms with Crippen LogP contribution in [0.3, 0.4) is 0 Å². The number of hydrogen-bond donors (Lipinski definition) is 0. The molecular formula is C9H14BrNS. The summed E-state index contributed by atoms with van der Waals surface area (Å²) in [5.41, 5.74) is 1.19. The van der Waals surface area contributed by atoms with Crippen molar-refractivity contribution in [2.45, 2.75) is 38.4 Å². The zero-order chi connectivity index (χ0) is 9.14. The van der Waals surface area contributed by atoms with Gasteiger partial charge in [-0.3, -0.25) is 0 Å². The number of thiazole rings is 1. The lowest BCUT2D eigenvalue weighted by Crippen LogP contribution is -1.93. The molecule has 1 heterocycles. The summed E-state index contributed by atoms with van der Waals surface area (Å²) < 4.78 is 0. The third-order valence-electron chi connectivity index (χ3n) is 1.83. The van der Waals surface area contributed by atoms with Crippen LogP contribution in [0.15, 0.2) is 0 Å². The maximum absolute atomic E-state index is 4.48. The van der Waals surface area contributed by atoms with Crippen molar-refractivity contribution in [3.63, 3.8) is 0 Å². The predicted octanol–water partition coefficient (Wildman–Crippen LogP) is 3.48. The molecule has 3 heteroatoms. The minimum atomic E-state index is 0.599. The van der Waals surface area contributed by atoms with Crippen LogP contribution in [0.4, 0.5) is 0 Å². The van der Waals surface area contributed by atoms with Crippen LogP contribution in [-0.4, -0.2) is 9.81 Å². The number of hydrogen-bond acceptors (Lipinski definition) is 2. The van der Waals surface area contributed by atoms with Crippen molar-refractivity contribution in [2.24, 2.45) is 0 Å². The van der Waals surface area contributed by atoms with Gasteiger partial charge in [0, 0.05) is 16.1 Å². The van der Waals surface area contributed by atoms with E-state index < -0.39 is 0 Å². The molecule has 1 unspecified atom stereocenters. The fourth-order valence-electron chi connectivity index (χ4n) is 0.968. The SMILES string of the molecule is Cc1nc(CCC(C)Br)sc1C. The van der Waals surface area contributed by atoms with Crippen molar-refractivity contribution in [3.8, 4) is 0 Å². The lowest BCUT2D eigenvalue weighted by atomic mass is 10.3. The number of aromatic nitrogens is 1. The predicted molar refractivity (Wildman–Crippen MR) is 58.3 cm³/mol. The minimum absolute atomic E-state index is 0.599. The second-order valence-electron chi connectivity index (χ2n) is 3.07. The highest BCUT2D eigenvalue weighted by Gasteiger charge is 2.04. The highest BCUT2D eigenvalue weighted by molar-refractivity contribution is 9.09. The Morgan fingerprint density at radius 1 is 1.50 bits per heavy atom. The van der Waals surface area contributed by atoms with Crippen LogP contribution in [0.1, 0.15) is 28.9 Å². The summed E-state index contributed by atoms with van der Waals surface area (Å²) in [7, 11) is 0. The Hall–Kier alpha value is 0.110. The molecule has 1 aromatic rings. The topological polar surface area (TPSA) is 12.9 Å². The fraction of sp³-hybridized carbons (Fsp3) is 0.667. The van der Waals surface area contributed by atoms with Gasteiger partial charge in [-0.25, -0.2) is 4.98 Å². The van der Waals surface area contributed by atoms with Crippen molar-refractivity contribution in [2.75, 3.05) is 0 Å². The average molecular weight is 248 g/mol. The molecule has 1 rings (SSSR count). The van der Waals surface area contributed by atoms with Gasteiger partial charge in [-0.1, -0.05) is 22.9 Å². The van der Waals surface area contributed by atoms with E-state index in [1.165, 1.54) is 22.0 Å². The van der Waals surface area contributed by atoms with Gasteiger partial charge in [0.2, 0.25) is 0 Å².